The molecule has 150 valence electrons. The number of sulfonamides is 1. The summed E-state index contributed by atoms with van der Waals surface area (Å²) in [7, 11) is -2.08. The molecule has 0 radical (unpaired) electrons. The minimum Gasteiger partial charge on any atom is -0.497 e. The van der Waals surface area contributed by atoms with Gasteiger partial charge in [-0.1, -0.05) is 30.3 Å². The summed E-state index contributed by atoms with van der Waals surface area (Å²) >= 11 is 0. The van der Waals surface area contributed by atoms with Gasteiger partial charge in [-0.05, 0) is 49.1 Å². The first kappa shape index (κ1) is 20.4. The van der Waals surface area contributed by atoms with Gasteiger partial charge in [0, 0.05) is 19.6 Å². The first-order chi connectivity index (χ1) is 13.5. The van der Waals surface area contributed by atoms with Crippen LogP contribution in [0.15, 0.2) is 59.5 Å². The van der Waals surface area contributed by atoms with Crippen LogP contribution in [0, 0.1) is 5.92 Å². The molecule has 1 saturated heterocycles. The van der Waals surface area contributed by atoms with Crippen LogP contribution >= 0.6 is 0 Å². The number of rotatable bonds is 7. The smallest absolute Gasteiger partial charge is 0.243 e. The quantitative estimate of drug-likeness (QED) is 0.772. The van der Waals surface area contributed by atoms with Crippen molar-refractivity contribution in [1.29, 1.82) is 0 Å². The van der Waals surface area contributed by atoms with E-state index >= 15 is 0 Å². The molecule has 1 aliphatic rings. The summed E-state index contributed by atoms with van der Waals surface area (Å²) in [4.78, 5) is 12.8. The van der Waals surface area contributed by atoms with Gasteiger partial charge in [-0.15, -0.1) is 0 Å². The molecular formula is C21H26N2O4S. The summed E-state index contributed by atoms with van der Waals surface area (Å²) in [5.41, 5.74) is 1.16. The third kappa shape index (κ3) is 4.91. The Balaban J connectivity index is 1.58. The molecule has 1 aliphatic heterocycles. The molecule has 1 atom stereocenters. The molecule has 6 nitrogen and oxygen atoms in total. The summed E-state index contributed by atoms with van der Waals surface area (Å²) in [6, 6.07) is 16.3. The van der Waals surface area contributed by atoms with Gasteiger partial charge in [0.25, 0.3) is 0 Å². The SMILES string of the molecule is COc1ccc(S(=O)(=O)N2CCC[C@H](C(=O)NCCc3ccccc3)C2)cc1. The van der Waals surface area contributed by atoms with Crippen LogP contribution in [0.5, 0.6) is 5.75 Å². The molecule has 1 heterocycles. The molecule has 1 fully saturated rings. The number of nitrogens with one attached hydrogen (secondary N) is 1. The Bertz CT molecular complexity index is 882. The largest absolute Gasteiger partial charge is 0.497 e. The second-order valence-electron chi connectivity index (χ2n) is 6.90. The number of ether oxygens (including phenoxy) is 1. The van der Waals surface area contributed by atoms with E-state index in [0.29, 0.717) is 31.7 Å². The summed E-state index contributed by atoms with van der Waals surface area (Å²) < 4.78 is 32.3. The molecule has 28 heavy (non-hydrogen) atoms. The van der Waals surface area contributed by atoms with E-state index in [9.17, 15) is 13.2 Å². The van der Waals surface area contributed by atoms with E-state index in [4.69, 9.17) is 4.74 Å². The predicted molar refractivity (Wildman–Crippen MR) is 108 cm³/mol. The fourth-order valence-corrected chi connectivity index (χ4v) is 4.91. The average Bonchev–Trinajstić information content (AvgIpc) is 2.74. The van der Waals surface area contributed by atoms with Crippen molar-refractivity contribution >= 4 is 15.9 Å². The van der Waals surface area contributed by atoms with Gasteiger partial charge in [0.1, 0.15) is 5.75 Å². The molecule has 2 aromatic rings. The van der Waals surface area contributed by atoms with E-state index < -0.39 is 10.0 Å². The number of piperidine rings is 1. The van der Waals surface area contributed by atoms with Crippen LogP contribution in [-0.2, 0) is 21.2 Å². The van der Waals surface area contributed by atoms with Crippen molar-refractivity contribution in [2.45, 2.75) is 24.2 Å². The fraction of sp³-hybridized carbons (Fsp3) is 0.381. The highest BCUT2D eigenvalue weighted by molar-refractivity contribution is 7.89. The molecule has 0 unspecified atom stereocenters. The topological polar surface area (TPSA) is 75.7 Å². The Labute approximate surface area is 166 Å². The molecule has 0 aromatic heterocycles. The summed E-state index contributed by atoms with van der Waals surface area (Å²) in [5, 5.41) is 2.95. The number of methoxy groups -OCH3 is 1. The number of nitrogens with zero attached hydrogens (tertiary/aromatic N) is 1. The lowest BCUT2D eigenvalue weighted by atomic mass is 9.99. The second kappa shape index (κ2) is 9.21. The first-order valence-electron chi connectivity index (χ1n) is 9.46. The Kier molecular flexibility index (Phi) is 6.70. The maximum absolute atomic E-state index is 12.9. The molecule has 0 spiro atoms. The van der Waals surface area contributed by atoms with Crippen LogP contribution in [0.1, 0.15) is 18.4 Å². The minimum atomic E-state index is -3.62. The monoisotopic (exact) mass is 402 g/mol. The molecule has 0 aliphatic carbocycles. The van der Waals surface area contributed by atoms with Crippen molar-refractivity contribution < 1.29 is 17.9 Å². The molecule has 2 aromatic carbocycles. The number of carbonyl (C=O) groups is 1. The maximum Gasteiger partial charge on any atom is 0.243 e. The zero-order valence-electron chi connectivity index (χ0n) is 16.0. The number of amides is 1. The summed E-state index contributed by atoms with van der Waals surface area (Å²) in [6.07, 6.45) is 2.13. The number of benzene rings is 2. The van der Waals surface area contributed by atoms with Gasteiger partial charge in [-0.3, -0.25) is 4.79 Å². The molecular weight excluding hydrogens is 376 g/mol. The highest BCUT2D eigenvalue weighted by atomic mass is 32.2. The first-order valence-corrected chi connectivity index (χ1v) is 10.9. The Hall–Kier alpha value is -2.38. The van der Waals surface area contributed by atoms with Crippen LogP contribution in [-0.4, -0.2) is 45.4 Å². The molecule has 3 rings (SSSR count). The predicted octanol–water partition coefficient (Wildman–Crippen LogP) is 2.45. The number of carbonyl (C=O) groups excluding carboxylic acids is 1. The number of hydrogen-bond acceptors (Lipinski definition) is 4. The molecule has 0 bridgehead atoms. The Morgan fingerprint density at radius 3 is 2.54 bits per heavy atom. The van der Waals surface area contributed by atoms with E-state index in [0.717, 1.165) is 12.0 Å². The molecule has 0 saturated carbocycles. The third-order valence-corrected chi connectivity index (χ3v) is 6.89. The normalized spacial score (nSPS) is 17.8. The molecule has 7 heteroatoms. The van der Waals surface area contributed by atoms with Crippen LogP contribution in [0.4, 0.5) is 0 Å². The Morgan fingerprint density at radius 1 is 1.14 bits per heavy atom. The molecule has 1 amide bonds. The van der Waals surface area contributed by atoms with Gasteiger partial charge in [-0.2, -0.15) is 4.31 Å². The zero-order chi connectivity index (χ0) is 20.0. The van der Waals surface area contributed by atoms with E-state index in [1.807, 2.05) is 30.3 Å². The third-order valence-electron chi connectivity index (χ3n) is 5.01. The minimum absolute atomic E-state index is 0.0782. The number of hydrogen-bond donors (Lipinski definition) is 1. The zero-order valence-corrected chi connectivity index (χ0v) is 16.8. The van der Waals surface area contributed by atoms with Crippen LogP contribution < -0.4 is 10.1 Å². The molecule has 1 N–H and O–H groups in total. The van der Waals surface area contributed by atoms with Gasteiger partial charge >= 0.3 is 0 Å². The van der Waals surface area contributed by atoms with Gasteiger partial charge in [0.15, 0.2) is 0 Å². The van der Waals surface area contributed by atoms with E-state index in [1.165, 1.54) is 23.5 Å². The van der Waals surface area contributed by atoms with Crippen molar-refractivity contribution in [2.24, 2.45) is 5.92 Å². The standard InChI is InChI=1S/C21H26N2O4S/c1-27-19-9-11-20(12-10-19)28(25,26)23-15-5-8-18(16-23)21(24)22-14-13-17-6-3-2-4-7-17/h2-4,6-7,9-12,18H,5,8,13-16H2,1H3,(H,22,24)/t18-/m0/s1. The van der Waals surface area contributed by atoms with Crippen molar-refractivity contribution in [3.8, 4) is 5.75 Å². The van der Waals surface area contributed by atoms with Crippen LogP contribution in [0.3, 0.4) is 0 Å². The lowest BCUT2D eigenvalue weighted by molar-refractivity contribution is -0.126. The average molecular weight is 403 g/mol. The maximum atomic E-state index is 12.9. The Morgan fingerprint density at radius 2 is 1.86 bits per heavy atom. The van der Waals surface area contributed by atoms with Crippen LogP contribution in [0.25, 0.3) is 0 Å². The lowest BCUT2D eigenvalue weighted by Crippen LogP contribution is -2.45. The van der Waals surface area contributed by atoms with Crippen molar-refractivity contribution in [2.75, 3.05) is 26.7 Å². The van der Waals surface area contributed by atoms with Gasteiger partial charge < -0.3 is 10.1 Å². The highest BCUT2D eigenvalue weighted by Crippen LogP contribution is 2.25. The van der Waals surface area contributed by atoms with Crippen LogP contribution in [0.2, 0.25) is 0 Å². The van der Waals surface area contributed by atoms with E-state index in [-0.39, 0.29) is 23.3 Å². The second-order valence-corrected chi connectivity index (χ2v) is 8.84. The van der Waals surface area contributed by atoms with Crippen molar-refractivity contribution in [1.82, 2.24) is 9.62 Å². The van der Waals surface area contributed by atoms with E-state index in [1.54, 1.807) is 12.1 Å². The van der Waals surface area contributed by atoms with Gasteiger partial charge in [0.05, 0.1) is 17.9 Å². The fourth-order valence-electron chi connectivity index (χ4n) is 3.39. The highest BCUT2D eigenvalue weighted by Gasteiger charge is 2.33. The summed E-state index contributed by atoms with van der Waals surface area (Å²) in [5.74, 6) is 0.205. The van der Waals surface area contributed by atoms with Gasteiger partial charge in [-0.25, -0.2) is 8.42 Å². The van der Waals surface area contributed by atoms with E-state index in [2.05, 4.69) is 5.32 Å². The van der Waals surface area contributed by atoms with Crippen molar-refractivity contribution in [3.63, 3.8) is 0 Å². The summed E-state index contributed by atoms with van der Waals surface area (Å²) in [6.45, 7) is 1.19. The van der Waals surface area contributed by atoms with Gasteiger partial charge in [0.2, 0.25) is 15.9 Å². The van der Waals surface area contributed by atoms with Crippen molar-refractivity contribution in [3.05, 3.63) is 60.2 Å². The lowest BCUT2D eigenvalue weighted by Gasteiger charge is -2.31.